The van der Waals surface area contributed by atoms with Crippen molar-refractivity contribution in [2.45, 2.75) is 39.3 Å². The number of aromatic nitrogens is 2. The fraction of sp³-hybridized carbons (Fsp3) is 0.103. The molecule has 4 heteroatoms. The summed E-state index contributed by atoms with van der Waals surface area (Å²) in [5.74, 6) is 2.46. The lowest BCUT2D eigenvalue weighted by Gasteiger charge is -2.36. The van der Waals surface area contributed by atoms with Gasteiger partial charge in [-0.15, -0.1) is 0 Å². The normalized spacial score (nSPS) is 12.9. The van der Waals surface area contributed by atoms with Gasteiger partial charge in [-0.3, -0.25) is 0 Å². The molecular weight excluding hydrogens is 769 g/mol. The second-order valence-electron chi connectivity index (χ2n) is 17.7. The minimum atomic E-state index is -2.17. The van der Waals surface area contributed by atoms with Crippen molar-refractivity contribution in [1.29, 1.82) is 0 Å². The summed E-state index contributed by atoms with van der Waals surface area (Å²) in [6.45, 7) is 11.6. The fourth-order valence-corrected chi connectivity index (χ4v) is 12.2. The molecular formula is C58H48N2OSi. The van der Waals surface area contributed by atoms with E-state index < -0.39 is 8.07 Å². The van der Waals surface area contributed by atoms with Crippen LogP contribution in [0.25, 0.3) is 78.3 Å². The van der Waals surface area contributed by atoms with E-state index in [1.807, 2.05) is 6.20 Å². The standard InChI is InChI=1S/C58H48N2OSi/c1-58(2,3)44-35-36-48-56(61-46-33-21-22-34-47(46)62(48,4)5)54(44)57-59-38-37-45(60-57)55-52(42-29-17-9-18-30-42)50(40-25-13-7-14-26-40)49(39-23-11-6-12-24-39)51(41-27-15-8-16-28-41)53(55)43-31-19-10-20-32-43/h6-38H,1-5H3. The van der Waals surface area contributed by atoms with Gasteiger partial charge in [0.25, 0.3) is 0 Å². The van der Waals surface area contributed by atoms with E-state index in [2.05, 4.69) is 228 Å². The zero-order valence-electron chi connectivity index (χ0n) is 35.9. The minimum absolute atomic E-state index is 0.224. The molecule has 0 saturated carbocycles. The van der Waals surface area contributed by atoms with Crippen molar-refractivity contribution in [3.8, 4) is 89.8 Å². The lowest BCUT2D eigenvalue weighted by molar-refractivity contribution is 0.484. The Kier molecular flexibility index (Phi) is 9.89. The molecule has 1 aliphatic heterocycles. The van der Waals surface area contributed by atoms with Crippen LogP contribution >= 0.6 is 0 Å². The Morgan fingerprint density at radius 1 is 0.403 bits per heavy atom. The van der Waals surface area contributed by atoms with Gasteiger partial charge >= 0.3 is 0 Å². The monoisotopic (exact) mass is 816 g/mol. The smallest absolute Gasteiger partial charge is 0.163 e. The van der Waals surface area contributed by atoms with Gasteiger partial charge in [-0.25, -0.2) is 9.97 Å². The number of benzene rings is 8. The van der Waals surface area contributed by atoms with E-state index in [0.29, 0.717) is 5.82 Å². The first-order chi connectivity index (χ1) is 30.2. The number of nitrogens with zero attached hydrogens (tertiary/aromatic N) is 2. The van der Waals surface area contributed by atoms with Crippen LogP contribution in [0, 0.1) is 0 Å². The molecule has 300 valence electrons. The van der Waals surface area contributed by atoms with Crippen molar-refractivity contribution >= 4 is 18.4 Å². The van der Waals surface area contributed by atoms with Crippen molar-refractivity contribution in [3.63, 3.8) is 0 Å². The molecule has 0 unspecified atom stereocenters. The van der Waals surface area contributed by atoms with Gasteiger partial charge in [0.15, 0.2) is 5.82 Å². The Balaban J connectivity index is 1.39. The molecule has 0 fully saturated rings. The van der Waals surface area contributed by atoms with Gasteiger partial charge in [0.05, 0.1) is 11.3 Å². The predicted octanol–water partition coefficient (Wildman–Crippen LogP) is 14.4. The summed E-state index contributed by atoms with van der Waals surface area (Å²) in [5.41, 5.74) is 15.1. The zero-order valence-corrected chi connectivity index (χ0v) is 36.9. The number of hydrogen-bond donors (Lipinski definition) is 0. The maximum atomic E-state index is 7.04. The van der Waals surface area contributed by atoms with Crippen LogP contribution < -0.4 is 15.1 Å². The molecule has 8 aromatic carbocycles. The first-order valence-electron chi connectivity index (χ1n) is 21.5. The highest BCUT2D eigenvalue weighted by molar-refractivity contribution is 7.01. The highest BCUT2D eigenvalue weighted by atomic mass is 28.3. The number of hydrogen-bond acceptors (Lipinski definition) is 3. The van der Waals surface area contributed by atoms with E-state index in [0.717, 1.165) is 84.0 Å². The molecule has 0 bridgehead atoms. The Hall–Kier alpha value is -7.14. The maximum Gasteiger partial charge on any atom is 0.163 e. The van der Waals surface area contributed by atoms with Gasteiger partial charge in [0.1, 0.15) is 19.6 Å². The summed E-state index contributed by atoms with van der Waals surface area (Å²) in [7, 11) is -2.17. The average molecular weight is 817 g/mol. The van der Waals surface area contributed by atoms with Crippen molar-refractivity contribution in [2.24, 2.45) is 0 Å². The summed E-state index contributed by atoms with van der Waals surface area (Å²) in [6, 6.07) is 69.6. The summed E-state index contributed by atoms with van der Waals surface area (Å²) < 4.78 is 7.04. The Morgan fingerprint density at radius 3 is 1.24 bits per heavy atom. The van der Waals surface area contributed by atoms with E-state index in [4.69, 9.17) is 14.7 Å². The van der Waals surface area contributed by atoms with Crippen molar-refractivity contribution in [1.82, 2.24) is 9.97 Å². The Labute approximate surface area is 366 Å². The van der Waals surface area contributed by atoms with Crippen LogP contribution in [0.1, 0.15) is 26.3 Å². The summed E-state index contributed by atoms with van der Waals surface area (Å²) >= 11 is 0. The lowest BCUT2D eigenvalue weighted by atomic mass is 9.75. The van der Waals surface area contributed by atoms with E-state index >= 15 is 0 Å². The third-order valence-electron chi connectivity index (χ3n) is 12.4. The van der Waals surface area contributed by atoms with Gasteiger partial charge in [-0.2, -0.15) is 0 Å². The molecule has 0 aliphatic carbocycles. The second kappa shape index (κ2) is 15.7. The first kappa shape index (κ1) is 39.0. The molecule has 2 heterocycles. The van der Waals surface area contributed by atoms with Crippen molar-refractivity contribution < 1.29 is 4.74 Å². The maximum absolute atomic E-state index is 7.04. The molecule has 0 spiro atoms. The number of rotatable bonds is 7. The minimum Gasteiger partial charge on any atom is -0.457 e. The Morgan fingerprint density at radius 2 is 0.806 bits per heavy atom. The van der Waals surface area contributed by atoms with E-state index in [-0.39, 0.29) is 5.41 Å². The fourth-order valence-electron chi connectivity index (χ4n) is 9.45. The van der Waals surface area contributed by atoms with E-state index in [9.17, 15) is 0 Å². The lowest BCUT2D eigenvalue weighted by Crippen LogP contribution is -2.56. The molecule has 10 rings (SSSR count). The quantitative estimate of drug-likeness (QED) is 0.150. The summed E-state index contributed by atoms with van der Waals surface area (Å²) in [6.07, 6.45) is 1.95. The summed E-state index contributed by atoms with van der Waals surface area (Å²) in [4.78, 5) is 10.9. The molecule has 0 amide bonds. The zero-order chi connectivity index (χ0) is 42.4. The van der Waals surface area contributed by atoms with Gasteiger partial charge < -0.3 is 4.74 Å². The molecule has 0 saturated heterocycles. The largest absolute Gasteiger partial charge is 0.457 e. The number of fused-ring (bicyclic) bond motifs is 2. The van der Waals surface area contributed by atoms with Gasteiger partial charge in [-0.05, 0) is 78.0 Å². The molecule has 3 nitrogen and oxygen atoms in total. The van der Waals surface area contributed by atoms with Gasteiger partial charge in [-0.1, -0.05) is 216 Å². The topological polar surface area (TPSA) is 35.0 Å². The molecule has 1 aromatic heterocycles. The third-order valence-corrected chi connectivity index (χ3v) is 15.9. The predicted molar refractivity (Wildman–Crippen MR) is 262 cm³/mol. The van der Waals surface area contributed by atoms with Gasteiger partial charge in [0.2, 0.25) is 0 Å². The van der Waals surface area contributed by atoms with Crippen LogP contribution in [-0.4, -0.2) is 18.0 Å². The van der Waals surface area contributed by atoms with Crippen LogP contribution in [0.5, 0.6) is 11.5 Å². The molecule has 1 aliphatic rings. The van der Waals surface area contributed by atoms with Gasteiger partial charge in [0, 0.05) is 22.9 Å². The van der Waals surface area contributed by atoms with Crippen LogP contribution in [0.15, 0.2) is 200 Å². The number of ether oxygens (including phenoxy) is 1. The van der Waals surface area contributed by atoms with Crippen molar-refractivity contribution in [2.75, 3.05) is 0 Å². The molecule has 62 heavy (non-hydrogen) atoms. The number of para-hydroxylation sites is 1. The SMILES string of the molecule is CC(C)(C)c1ccc2c(c1-c1nccc(-c3c(-c4ccccc4)c(-c4ccccc4)c(-c4ccccc4)c(-c4ccccc4)c3-c3ccccc3)n1)Oc1ccccc1[Si]2(C)C. The molecule has 9 aromatic rings. The van der Waals surface area contributed by atoms with Crippen molar-refractivity contribution in [3.05, 3.63) is 206 Å². The molecule has 0 atom stereocenters. The summed E-state index contributed by atoms with van der Waals surface area (Å²) in [5, 5.41) is 2.56. The van der Waals surface area contributed by atoms with E-state index in [1.54, 1.807) is 0 Å². The third kappa shape index (κ3) is 6.77. The Bertz CT molecular complexity index is 2960. The average Bonchev–Trinajstić information content (AvgIpc) is 3.31. The molecule has 0 radical (unpaired) electrons. The van der Waals surface area contributed by atoms with Crippen LogP contribution in [0.2, 0.25) is 13.1 Å². The second-order valence-corrected chi connectivity index (χ2v) is 22.0. The highest BCUT2D eigenvalue weighted by Gasteiger charge is 2.40. The van der Waals surface area contributed by atoms with Crippen LogP contribution in [-0.2, 0) is 5.41 Å². The van der Waals surface area contributed by atoms with Crippen LogP contribution in [0.4, 0.5) is 0 Å². The molecule has 0 N–H and O–H groups in total. The van der Waals surface area contributed by atoms with E-state index in [1.165, 1.54) is 15.9 Å². The highest BCUT2D eigenvalue weighted by Crippen LogP contribution is 2.56. The van der Waals surface area contributed by atoms with Crippen LogP contribution in [0.3, 0.4) is 0 Å². The first-order valence-corrected chi connectivity index (χ1v) is 24.5.